The highest BCUT2D eigenvalue weighted by Crippen LogP contribution is 2.25. The Morgan fingerprint density at radius 1 is 1.06 bits per heavy atom. The first-order chi connectivity index (χ1) is 14.7. The molecule has 1 aromatic carbocycles. The molecular formula is C21H31ClN4O4S. The predicted octanol–water partition coefficient (Wildman–Crippen LogP) is 1.41. The maximum absolute atomic E-state index is 12.9. The van der Waals surface area contributed by atoms with Crippen molar-refractivity contribution in [3.63, 3.8) is 0 Å². The Morgan fingerprint density at radius 3 is 2.26 bits per heavy atom. The molecule has 0 saturated carbocycles. The summed E-state index contributed by atoms with van der Waals surface area (Å²) < 4.78 is 27.1. The molecule has 31 heavy (non-hydrogen) atoms. The predicted molar refractivity (Wildman–Crippen MR) is 119 cm³/mol. The maximum atomic E-state index is 12.9. The summed E-state index contributed by atoms with van der Waals surface area (Å²) in [6.45, 7) is 6.83. The lowest BCUT2D eigenvalue weighted by Gasteiger charge is -2.36. The monoisotopic (exact) mass is 470 g/mol. The quantitative estimate of drug-likeness (QED) is 0.679. The van der Waals surface area contributed by atoms with Crippen LogP contribution in [0.2, 0.25) is 5.02 Å². The van der Waals surface area contributed by atoms with Crippen LogP contribution in [0.3, 0.4) is 0 Å². The van der Waals surface area contributed by atoms with Gasteiger partial charge in [0.2, 0.25) is 21.8 Å². The van der Waals surface area contributed by atoms with E-state index in [0.717, 1.165) is 12.8 Å². The second kappa shape index (κ2) is 10.3. The first-order valence-electron chi connectivity index (χ1n) is 10.7. The standard InChI is InChI=1S/C21H31ClN4O4S/c1-16(2)23-21(28)17-7-9-24(10-8-17)15-20(27)25-11-13-26(14-12-25)31(29,30)19-6-4-3-5-18(19)22/h3-6,16-17H,7-15H2,1-2H3,(H,23,28). The largest absolute Gasteiger partial charge is 0.354 e. The summed E-state index contributed by atoms with van der Waals surface area (Å²) in [4.78, 5) is 28.8. The molecule has 2 heterocycles. The molecule has 2 fully saturated rings. The molecule has 2 aliphatic heterocycles. The lowest BCUT2D eigenvalue weighted by atomic mass is 9.95. The molecule has 0 aromatic heterocycles. The van der Waals surface area contributed by atoms with Crippen LogP contribution < -0.4 is 5.32 Å². The zero-order valence-corrected chi connectivity index (χ0v) is 19.7. The number of nitrogens with zero attached hydrogens (tertiary/aromatic N) is 3. The van der Waals surface area contributed by atoms with E-state index in [1.54, 1.807) is 23.1 Å². The molecule has 2 amide bonds. The van der Waals surface area contributed by atoms with Gasteiger partial charge in [-0.1, -0.05) is 23.7 Å². The third-order valence-corrected chi connectivity index (χ3v) is 8.19. The van der Waals surface area contributed by atoms with E-state index >= 15 is 0 Å². The number of likely N-dealkylation sites (tertiary alicyclic amines) is 1. The molecule has 10 heteroatoms. The van der Waals surface area contributed by atoms with Crippen molar-refractivity contribution in [3.8, 4) is 0 Å². The van der Waals surface area contributed by atoms with E-state index in [1.807, 2.05) is 13.8 Å². The SMILES string of the molecule is CC(C)NC(=O)C1CCN(CC(=O)N2CCN(S(=O)(=O)c3ccccc3Cl)CC2)CC1. The van der Waals surface area contributed by atoms with E-state index in [0.29, 0.717) is 32.7 Å². The van der Waals surface area contributed by atoms with Gasteiger partial charge in [-0.3, -0.25) is 14.5 Å². The van der Waals surface area contributed by atoms with Gasteiger partial charge in [0.25, 0.3) is 0 Å². The number of carbonyl (C=O) groups is 2. The number of piperazine rings is 1. The molecule has 1 aromatic rings. The molecule has 0 bridgehead atoms. The average molecular weight is 471 g/mol. The minimum atomic E-state index is -3.68. The zero-order chi connectivity index (χ0) is 22.6. The molecule has 172 valence electrons. The summed E-state index contributed by atoms with van der Waals surface area (Å²) in [5, 5.41) is 3.16. The molecule has 1 N–H and O–H groups in total. The number of sulfonamides is 1. The summed E-state index contributed by atoms with van der Waals surface area (Å²) in [6, 6.07) is 6.53. The minimum absolute atomic E-state index is 0.000117. The highest BCUT2D eigenvalue weighted by atomic mass is 35.5. The van der Waals surface area contributed by atoms with Gasteiger partial charge in [-0.05, 0) is 51.9 Å². The van der Waals surface area contributed by atoms with Gasteiger partial charge in [-0.15, -0.1) is 0 Å². The zero-order valence-electron chi connectivity index (χ0n) is 18.1. The van der Waals surface area contributed by atoms with E-state index in [2.05, 4.69) is 10.2 Å². The summed E-state index contributed by atoms with van der Waals surface area (Å²) in [7, 11) is -3.68. The Morgan fingerprint density at radius 2 is 1.68 bits per heavy atom. The van der Waals surface area contributed by atoms with Gasteiger partial charge in [0.05, 0.1) is 11.6 Å². The summed E-state index contributed by atoms with van der Waals surface area (Å²) in [5.41, 5.74) is 0. The van der Waals surface area contributed by atoms with E-state index in [9.17, 15) is 18.0 Å². The first kappa shape index (κ1) is 24.0. The topological polar surface area (TPSA) is 90.0 Å². The number of halogens is 1. The van der Waals surface area contributed by atoms with E-state index in [-0.39, 0.29) is 46.8 Å². The Hall–Kier alpha value is -1.68. The van der Waals surface area contributed by atoms with Crippen LogP contribution in [0.1, 0.15) is 26.7 Å². The van der Waals surface area contributed by atoms with Gasteiger partial charge in [0.15, 0.2) is 0 Å². The highest BCUT2D eigenvalue weighted by molar-refractivity contribution is 7.89. The van der Waals surface area contributed by atoms with Gasteiger partial charge in [0, 0.05) is 38.1 Å². The third-order valence-electron chi connectivity index (χ3n) is 5.79. The molecular weight excluding hydrogens is 440 g/mol. The minimum Gasteiger partial charge on any atom is -0.354 e. The van der Waals surface area contributed by atoms with Gasteiger partial charge >= 0.3 is 0 Å². The van der Waals surface area contributed by atoms with Crippen LogP contribution in [0.25, 0.3) is 0 Å². The molecule has 0 radical (unpaired) electrons. The number of amides is 2. The smallest absolute Gasteiger partial charge is 0.244 e. The van der Waals surface area contributed by atoms with Crippen molar-refractivity contribution in [1.82, 2.24) is 19.4 Å². The van der Waals surface area contributed by atoms with E-state index in [1.165, 1.54) is 10.4 Å². The molecule has 0 atom stereocenters. The van der Waals surface area contributed by atoms with Crippen LogP contribution in [-0.2, 0) is 19.6 Å². The second-order valence-electron chi connectivity index (χ2n) is 8.43. The van der Waals surface area contributed by atoms with E-state index in [4.69, 9.17) is 11.6 Å². The van der Waals surface area contributed by atoms with E-state index < -0.39 is 10.0 Å². The highest BCUT2D eigenvalue weighted by Gasteiger charge is 2.32. The van der Waals surface area contributed by atoms with Crippen LogP contribution in [0, 0.1) is 5.92 Å². The normalized spacial score (nSPS) is 19.5. The van der Waals surface area contributed by atoms with Crippen molar-refractivity contribution in [2.45, 2.75) is 37.6 Å². The second-order valence-corrected chi connectivity index (χ2v) is 10.7. The number of hydrogen-bond acceptors (Lipinski definition) is 5. The lowest BCUT2D eigenvalue weighted by molar-refractivity contribution is -0.134. The summed E-state index contributed by atoms with van der Waals surface area (Å²) >= 11 is 6.07. The number of nitrogens with one attached hydrogen (secondary N) is 1. The van der Waals surface area contributed by atoms with Crippen LogP contribution in [-0.4, -0.2) is 86.2 Å². The number of rotatable bonds is 6. The Bertz CT molecular complexity index is 892. The van der Waals surface area contributed by atoms with Crippen molar-refractivity contribution < 1.29 is 18.0 Å². The first-order valence-corrected chi connectivity index (χ1v) is 12.6. The number of piperidine rings is 1. The molecule has 8 nitrogen and oxygen atoms in total. The van der Waals surface area contributed by atoms with Crippen molar-refractivity contribution >= 4 is 33.4 Å². The average Bonchev–Trinajstić information content (AvgIpc) is 2.74. The number of carbonyl (C=O) groups excluding carboxylic acids is 2. The van der Waals surface area contributed by atoms with Crippen LogP contribution >= 0.6 is 11.6 Å². The van der Waals surface area contributed by atoms with Crippen molar-refractivity contribution in [2.75, 3.05) is 45.8 Å². The Balaban J connectivity index is 1.47. The van der Waals surface area contributed by atoms with Gasteiger partial charge in [-0.25, -0.2) is 8.42 Å². The molecule has 2 saturated heterocycles. The molecule has 0 unspecified atom stereocenters. The lowest BCUT2D eigenvalue weighted by Crippen LogP contribution is -2.53. The molecule has 3 rings (SSSR count). The third kappa shape index (κ3) is 5.97. The fourth-order valence-corrected chi connectivity index (χ4v) is 5.93. The van der Waals surface area contributed by atoms with Gasteiger partial charge in [0.1, 0.15) is 4.90 Å². The summed E-state index contributed by atoms with van der Waals surface area (Å²) in [5.74, 6) is 0.101. The number of benzene rings is 1. The molecule has 2 aliphatic rings. The van der Waals surface area contributed by atoms with Crippen molar-refractivity contribution in [3.05, 3.63) is 29.3 Å². The maximum Gasteiger partial charge on any atom is 0.244 e. The Kier molecular flexibility index (Phi) is 7.96. The fourth-order valence-electron chi connectivity index (χ4n) is 4.02. The van der Waals surface area contributed by atoms with Crippen LogP contribution in [0.15, 0.2) is 29.2 Å². The molecule has 0 aliphatic carbocycles. The van der Waals surface area contributed by atoms with Crippen LogP contribution in [0.4, 0.5) is 0 Å². The van der Waals surface area contributed by atoms with Crippen molar-refractivity contribution in [2.24, 2.45) is 5.92 Å². The van der Waals surface area contributed by atoms with Gasteiger partial charge < -0.3 is 10.2 Å². The summed E-state index contributed by atoms with van der Waals surface area (Å²) in [6.07, 6.45) is 1.49. The number of hydrogen-bond donors (Lipinski definition) is 1. The van der Waals surface area contributed by atoms with Crippen molar-refractivity contribution in [1.29, 1.82) is 0 Å². The van der Waals surface area contributed by atoms with Gasteiger partial charge in [-0.2, -0.15) is 4.31 Å². The molecule has 0 spiro atoms. The van der Waals surface area contributed by atoms with Crippen LogP contribution in [0.5, 0.6) is 0 Å². The Labute approximate surface area is 189 Å². The fraction of sp³-hybridized carbons (Fsp3) is 0.619.